The summed E-state index contributed by atoms with van der Waals surface area (Å²) in [6.07, 6.45) is 3.52. The molecule has 0 aliphatic carbocycles. The molecule has 0 unspecified atom stereocenters. The van der Waals surface area contributed by atoms with Crippen molar-refractivity contribution in [2.45, 2.75) is 26.7 Å². The summed E-state index contributed by atoms with van der Waals surface area (Å²) < 4.78 is 13.4. The van der Waals surface area contributed by atoms with Gasteiger partial charge in [-0.05, 0) is 78.8 Å². The predicted octanol–water partition coefficient (Wildman–Crippen LogP) is 5.96. The maximum Gasteiger partial charge on any atom is 0.123 e. The first-order chi connectivity index (χ1) is 14.5. The van der Waals surface area contributed by atoms with Crippen molar-refractivity contribution in [3.8, 4) is 5.75 Å². The van der Waals surface area contributed by atoms with E-state index in [0.717, 1.165) is 50.9 Å². The maximum absolute atomic E-state index is 13.4. The number of hydrogen-bond donors (Lipinski definition) is 2. The van der Waals surface area contributed by atoms with Crippen molar-refractivity contribution in [2.75, 3.05) is 6.54 Å². The number of phenolic OH excluding ortho intramolecular Hbond substituents is 1. The molecular weight excluding hydrogens is 375 g/mol. The van der Waals surface area contributed by atoms with Crippen molar-refractivity contribution in [3.63, 3.8) is 0 Å². The first kappa shape index (κ1) is 19.9. The summed E-state index contributed by atoms with van der Waals surface area (Å²) in [5.74, 6) is 0.0894. The highest BCUT2D eigenvalue weighted by Gasteiger charge is 2.07. The standard InChI is InChI=1S/C26H25FN2O/c1-17-12-24(30)15-25-22(16-29-26(17)25)10-11-28-18(2)21-8-6-19(7-9-21)13-20-4-3-5-23(27)14-20/h3-9,12,14-16,29-30H,10-11,13H2,1-2H3. The Morgan fingerprint density at radius 1 is 1.03 bits per heavy atom. The lowest BCUT2D eigenvalue weighted by Crippen LogP contribution is -1.99. The van der Waals surface area contributed by atoms with Crippen LogP contribution in [0.4, 0.5) is 4.39 Å². The number of rotatable bonds is 6. The SMILES string of the molecule is CC(=NCCc1c[nH]c2c(C)cc(O)cc12)c1ccc(Cc2cccc(F)c2)cc1. The number of benzene rings is 3. The topological polar surface area (TPSA) is 48.4 Å². The van der Waals surface area contributed by atoms with Crippen LogP contribution in [0.15, 0.2) is 71.9 Å². The van der Waals surface area contributed by atoms with Gasteiger partial charge in [0.25, 0.3) is 0 Å². The highest BCUT2D eigenvalue weighted by atomic mass is 19.1. The van der Waals surface area contributed by atoms with Crippen LogP contribution >= 0.6 is 0 Å². The molecule has 1 aromatic heterocycles. The molecule has 4 aromatic rings. The van der Waals surface area contributed by atoms with Gasteiger partial charge >= 0.3 is 0 Å². The Kier molecular flexibility index (Phi) is 5.66. The van der Waals surface area contributed by atoms with Crippen LogP contribution in [-0.4, -0.2) is 22.3 Å². The molecule has 1 heterocycles. The van der Waals surface area contributed by atoms with Crippen molar-refractivity contribution < 1.29 is 9.50 Å². The third kappa shape index (κ3) is 4.43. The van der Waals surface area contributed by atoms with E-state index in [9.17, 15) is 9.50 Å². The lowest BCUT2D eigenvalue weighted by atomic mass is 10.0. The number of nitrogens with zero attached hydrogens (tertiary/aromatic N) is 1. The van der Waals surface area contributed by atoms with Crippen LogP contribution in [-0.2, 0) is 12.8 Å². The summed E-state index contributed by atoms with van der Waals surface area (Å²) in [6.45, 7) is 4.69. The number of H-pyrrole nitrogens is 1. The Bertz CT molecular complexity index is 1210. The molecule has 0 amide bonds. The minimum atomic E-state index is -0.201. The van der Waals surface area contributed by atoms with Gasteiger partial charge in [0.2, 0.25) is 0 Å². The normalized spacial score (nSPS) is 11.9. The molecule has 3 nitrogen and oxygen atoms in total. The third-order valence-electron chi connectivity index (χ3n) is 5.46. The molecule has 2 N–H and O–H groups in total. The highest BCUT2D eigenvalue weighted by molar-refractivity contribution is 5.98. The first-order valence-electron chi connectivity index (χ1n) is 10.1. The molecule has 0 fully saturated rings. The van der Waals surface area contributed by atoms with Gasteiger partial charge in [0.05, 0.1) is 0 Å². The van der Waals surface area contributed by atoms with E-state index in [1.54, 1.807) is 18.2 Å². The minimum Gasteiger partial charge on any atom is -0.508 e. The minimum absolute atomic E-state index is 0.201. The fourth-order valence-electron chi connectivity index (χ4n) is 3.84. The van der Waals surface area contributed by atoms with E-state index in [0.29, 0.717) is 18.7 Å². The monoisotopic (exact) mass is 400 g/mol. The molecule has 0 aliphatic rings. The van der Waals surface area contributed by atoms with Gasteiger partial charge in [0, 0.05) is 29.4 Å². The Labute approximate surface area is 175 Å². The second kappa shape index (κ2) is 8.54. The average molecular weight is 400 g/mol. The van der Waals surface area contributed by atoms with E-state index >= 15 is 0 Å². The highest BCUT2D eigenvalue weighted by Crippen LogP contribution is 2.26. The lowest BCUT2D eigenvalue weighted by molar-refractivity contribution is 0.476. The Morgan fingerprint density at radius 2 is 1.83 bits per heavy atom. The number of aromatic hydroxyl groups is 1. The largest absolute Gasteiger partial charge is 0.508 e. The Morgan fingerprint density at radius 3 is 2.60 bits per heavy atom. The lowest BCUT2D eigenvalue weighted by Gasteiger charge is -2.06. The molecule has 152 valence electrons. The van der Waals surface area contributed by atoms with Gasteiger partial charge in [-0.1, -0.05) is 36.4 Å². The molecule has 30 heavy (non-hydrogen) atoms. The zero-order chi connectivity index (χ0) is 21.1. The molecule has 0 radical (unpaired) electrons. The summed E-state index contributed by atoms with van der Waals surface area (Å²) in [5.41, 5.74) is 7.45. The van der Waals surface area contributed by atoms with E-state index in [-0.39, 0.29) is 5.82 Å². The number of aromatic amines is 1. The number of aliphatic imine (C=N–C) groups is 1. The number of halogens is 1. The van der Waals surface area contributed by atoms with Gasteiger partial charge in [-0.2, -0.15) is 0 Å². The third-order valence-corrected chi connectivity index (χ3v) is 5.46. The van der Waals surface area contributed by atoms with E-state index in [1.165, 1.54) is 6.07 Å². The van der Waals surface area contributed by atoms with E-state index in [1.807, 2.05) is 32.2 Å². The molecular formula is C26H25FN2O. The average Bonchev–Trinajstić information content (AvgIpc) is 3.11. The van der Waals surface area contributed by atoms with Crippen LogP contribution in [0.1, 0.15) is 34.7 Å². The van der Waals surface area contributed by atoms with Crippen molar-refractivity contribution in [1.29, 1.82) is 0 Å². The molecule has 0 aliphatic heterocycles. The van der Waals surface area contributed by atoms with Crippen molar-refractivity contribution >= 4 is 16.6 Å². The molecule has 4 rings (SSSR count). The van der Waals surface area contributed by atoms with E-state index < -0.39 is 0 Å². The van der Waals surface area contributed by atoms with Crippen LogP contribution < -0.4 is 0 Å². The number of fused-ring (bicyclic) bond motifs is 1. The molecule has 3 aromatic carbocycles. The fourth-order valence-corrected chi connectivity index (χ4v) is 3.84. The van der Waals surface area contributed by atoms with Gasteiger partial charge < -0.3 is 10.1 Å². The first-order valence-corrected chi connectivity index (χ1v) is 10.1. The second-order valence-corrected chi connectivity index (χ2v) is 7.72. The van der Waals surface area contributed by atoms with Crippen LogP contribution in [0, 0.1) is 12.7 Å². The molecule has 0 saturated heterocycles. The maximum atomic E-state index is 13.4. The van der Waals surface area contributed by atoms with Gasteiger partial charge in [-0.15, -0.1) is 0 Å². The number of phenols is 1. The Balaban J connectivity index is 1.41. The summed E-state index contributed by atoms with van der Waals surface area (Å²) in [4.78, 5) is 8.04. The zero-order valence-electron chi connectivity index (χ0n) is 17.2. The molecule has 0 atom stereocenters. The number of hydrogen-bond acceptors (Lipinski definition) is 2. The van der Waals surface area contributed by atoms with E-state index in [2.05, 4.69) is 29.2 Å². The van der Waals surface area contributed by atoms with Crippen LogP contribution in [0.2, 0.25) is 0 Å². The van der Waals surface area contributed by atoms with Crippen molar-refractivity contribution in [1.82, 2.24) is 4.98 Å². The number of nitrogens with one attached hydrogen (secondary N) is 1. The smallest absolute Gasteiger partial charge is 0.123 e. The van der Waals surface area contributed by atoms with Gasteiger partial charge in [0.1, 0.15) is 11.6 Å². The van der Waals surface area contributed by atoms with Crippen molar-refractivity contribution in [2.24, 2.45) is 4.99 Å². The van der Waals surface area contributed by atoms with Gasteiger partial charge in [0.15, 0.2) is 0 Å². The molecule has 0 saturated carbocycles. The van der Waals surface area contributed by atoms with Gasteiger partial charge in [-0.25, -0.2) is 4.39 Å². The Hall–Kier alpha value is -3.40. The summed E-state index contributed by atoms with van der Waals surface area (Å²) in [5, 5.41) is 10.9. The number of aryl methyl sites for hydroxylation is 1. The summed E-state index contributed by atoms with van der Waals surface area (Å²) in [6, 6.07) is 18.6. The van der Waals surface area contributed by atoms with Gasteiger partial charge in [-0.3, -0.25) is 4.99 Å². The van der Waals surface area contributed by atoms with Crippen LogP contribution in [0.3, 0.4) is 0 Å². The zero-order valence-corrected chi connectivity index (χ0v) is 17.2. The van der Waals surface area contributed by atoms with Crippen LogP contribution in [0.25, 0.3) is 10.9 Å². The molecule has 0 spiro atoms. The van der Waals surface area contributed by atoms with Crippen LogP contribution in [0.5, 0.6) is 5.75 Å². The molecule has 4 heteroatoms. The predicted molar refractivity (Wildman–Crippen MR) is 121 cm³/mol. The summed E-state index contributed by atoms with van der Waals surface area (Å²) in [7, 11) is 0. The quantitative estimate of drug-likeness (QED) is 0.385. The van der Waals surface area contributed by atoms with Crippen molar-refractivity contribution in [3.05, 3.63) is 100 Å². The molecule has 0 bridgehead atoms. The van der Waals surface area contributed by atoms with E-state index in [4.69, 9.17) is 4.99 Å². The number of aromatic nitrogens is 1. The summed E-state index contributed by atoms with van der Waals surface area (Å²) >= 11 is 0. The fraction of sp³-hybridized carbons (Fsp3) is 0.192. The second-order valence-electron chi connectivity index (χ2n) is 7.72.